The summed E-state index contributed by atoms with van der Waals surface area (Å²) in [6.45, 7) is 1.65. The summed E-state index contributed by atoms with van der Waals surface area (Å²) in [5.74, 6) is -0.109. The molecule has 1 heterocycles. The van der Waals surface area contributed by atoms with Crippen molar-refractivity contribution in [3.8, 4) is 11.5 Å². The van der Waals surface area contributed by atoms with Crippen LogP contribution in [-0.4, -0.2) is 24.8 Å². The second-order valence-electron chi connectivity index (χ2n) is 5.82. The third-order valence-electron chi connectivity index (χ3n) is 3.85. The van der Waals surface area contributed by atoms with Gasteiger partial charge >= 0.3 is 5.97 Å². The Labute approximate surface area is 149 Å². The Balaban J connectivity index is 1.47. The molecule has 136 valence electrons. The van der Waals surface area contributed by atoms with Gasteiger partial charge in [-0.05, 0) is 43.2 Å². The first-order chi connectivity index (χ1) is 12.5. The van der Waals surface area contributed by atoms with E-state index in [1.54, 1.807) is 30.3 Å². The van der Waals surface area contributed by atoms with Crippen LogP contribution >= 0.6 is 0 Å². The molecule has 0 fully saturated rings. The maximum absolute atomic E-state index is 12.8. The first kappa shape index (κ1) is 17.7. The summed E-state index contributed by atoms with van der Waals surface area (Å²) in [6, 6.07) is 10.9. The van der Waals surface area contributed by atoms with Crippen molar-refractivity contribution in [1.82, 2.24) is 0 Å². The number of rotatable bonds is 6. The zero-order valence-electron chi connectivity index (χ0n) is 14.2. The average molecular weight is 359 g/mol. The summed E-state index contributed by atoms with van der Waals surface area (Å²) >= 11 is 0. The van der Waals surface area contributed by atoms with E-state index in [1.165, 1.54) is 19.1 Å². The van der Waals surface area contributed by atoms with Crippen molar-refractivity contribution in [2.24, 2.45) is 0 Å². The zero-order chi connectivity index (χ0) is 18.5. The van der Waals surface area contributed by atoms with E-state index in [4.69, 9.17) is 14.2 Å². The Hall–Kier alpha value is -3.09. The van der Waals surface area contributed by atoms with Gasteiger partial charge in [-0.3, -0.25) is 9.59 Å². The quantitative estimate of drug-likeness (QED) is 0.803. The molecule has 0 spiro atoms. The van der Waals surface area contributed by atoms with Gasteiger partial charge < -0.3 is 19.5 Å². The smallest absolute Gasteiger partial charge is 0.306 e. The third-order valence-corrected chi connectivity index (χ3v) is 3.85. The lowest BCUT2D eigenvalue weighted by Crippen LogP contribution is -2.30. The summed E-state index contributed by atoms with van der Waals surface area (Å²) in [4.78, 5) is 24.0. The van der Waals surface area contributed by atoms with Crippen LogP contribution in [0.25, 0.3) is 0 Å². The molecule has 0 saturated heterocycles. The maximum Gasteiger partial charge on any atom is 0.306 e. The number of nitrogens with one attached hydrogen (secondary N) is 1. The molecule has 0 saturated carbocycles. The molecular weight excluding hydrogens is 341 g/mol. The van der Waals surface area contributed by atoms with Gasteiger partial charge in [-0.25, -0.2) is 4.39 Å². The minimum absolute atomic E-state index is 0.104. The number of esters is 1. The molecule has 2 aromatic carbocycles. The van der Waals surface area contributed by atoms with Gasteiger partial charge in [0.1, 0.15) is 5.82 Å². The highest BCUT2D eigenvalue weighted by Crippen LogP contribution is 2.34. The van der Waals surface area contributed by atoms with Crippen LogP contribution in [0, 0.1) is 5.82 Å². The van der Waals surface area contributed by atoms with Crippen LogP contribution in [0.4, 0.5) is 10.1 Å². The lowest BCUT2D eigenvalue weighted by atomic mass is 10.1. The molecule has 0 unspecified atom stereocenters. The first-order valence-corrected chi connectivity index (χ1v) is 8.16. The molecule has 26 heavy (non-hydrogen) atoms. The molecule has 1 atom stereocenters. The molecule has 1 aliphatic heterocycles. The molecule has 2 aromatic rings. The molecule has 6 nitrogen and oxygen atoms in total. The number of carbonyl (C=O) groups is 2. The van der Waals surface area contributed by atoms with Crippen LogP contribution in [0.15, 0.2) is 42.5 Å². The highest BCUT2D eigenvalue weighted by atomic mass is 19.1. The predicted molar refractivity (Wildman–Crippen MR) is 91.5 cm³/mol. The molecule has 1 aliphatic rings. The Kier molecular flexibility index (Phi) is 5.36. The van der Waals surface area contributed by atoms with Gasteiger partial charge in [0, 0.05) is 18.2 Å². The summed E-state index contributed by atoms with van der Waals surface area (Å²) < 4.78 is 28.4. The van der Waals surface area contributed by atoms with Crippen molar-refractivity contribution in [2.45, 2.75) is 25.9 Å². The predicted octanol–water partition coefficient (Wildman–Crippen LogP) is 3.06. The van der Waals surface area contributed by atoms with E-state index < -0.39 is 18.0 Å². The molecule has 1 amide bonds. The fraction of sp³-hybridized carbons (Fsp3) is 0.263. The van der Waals surface area contributed by atoms with Crippen molar-refractivity contribution in [1.29, 1.82) is 0 Å². The largest absolute Gasteiger partial charge is 0.454 e. The lowest BCUT2D eigenvalue weighted by molar-refractivity contribution is -0.153. The second kappa shape index (κ2) is 7.86. The van der Waals surface area contributed by atoms with Gasteiger partial charge in [0.2, 0.25) is 6.79 Å². The molecule has 0 aliphatic carbocycles. The Morgan fingerprint density at radius 1 is 1.15 bits per heavy atom. The summed E-state index contributed by atoms with van der Waals surface area (Å²) in [6.07, 6.45) is -0.427. The Morgan fingerprint density at radius 2 is 1.88 bits per heavy atom. The van der Waals surface area contributed by atoms with E-state index in [0.717, 1.165) is 5.56 Å². The van der Waals surface area contributed by atoms with Gasteiger partial charge in [0.25, 0.3) is 5.91 Å². The average Bonchev–Trinajstić information content (AvgIpc) is 3.09. The van der Waals surface area contributed by atoms with Crippen LogP contribution in [0.2, 0.25) is 0 Å². The van der Waals surface area contributed by atoms with E-state index >= 15 is 0 Å². The van der Waals surface area contributed by atoms with E-state index in [-0.39, 0.29) is 19.0 Å². The molecular formula is C19H18FNO5. The van der Waals surface area contributed by atoms with E-state index in [9.17, 15) is 14.0 Å². The monoisotopic (exact) mass is 359 g/mol. The minimum Gasteiger partial charge on any atom is -0.454 e. The van der Waals surface area contributed by atoms with Crippen LogP contribution in [0.5, 0.6) is 11.5 Å². The van der Waals surface area contributed by atoms with Crippen LogP contribution < -0.4 is 14.8 Å². The van der Waals surface area contributed by atoms with Crippen molar-refractivity contribution in [3.05, 3.63) is 53.8 Å². The molecule has 3 rings (SSSR count). The van der Waals surface area contributed by atoms with Gasteiger partial charge in [0.15, 0.2) is 17.6 Å². The van der Waals surface area contributed by atoms with Gasteiger partial charge in [-0.2, -0.15) is 0 Å². The van der Waals surface area contributed by atoms with Gasteiger partial charge in [0.05, 0.1) is 0 Å². The number of aryl methyl sites for hydroxylation is 1. The standard InChI is InChI=1S/C19H18FNO5/c1-12(26-18(22)9-4-13-2-5-14(20)6-3-13)19(23)21-15-7-8-16-17(10-15)25-11-24-16/h2-3,5-8,10,12H,4,9,11H2,1H3,(H,21,23)/t12-/m1/s1. The van der Waals surface area contributed by atoms with Crippen LogP contribution in [0.3, 0.4) is 0 Å². The van der Waals surface area contributed by atoms with Gasteiger partial charge in [-0.15, -0.1) is 0 Å². The fourth-order valence-electron chi connectivity index (χ4n) is 2.43. The number of amides is 1. The van der Waals surface area contributed by atoms with Crippen molar-refractivity contribution >= 4 is 17.6 Å². The number of fused-ring (bicyclic) bond motifs is 1. The Morgan fingerprint density at radius 3 is 2.65 bits per heavy atom. The molecule has 0 radical (unpaired) electrons. The third kappa shape index (κ3) is 4.50. The molecule has 7 heteroatoms. The van der Waals surface area contributed by atoms with E-state index in [2.05, 4.69) is 5.32 Å². The number of hydrogen-bond donors (Lipinski definition) is 1. The van der Waals surface area contributed by atoms with Crippen LogP contribution in [-0.2, 0) is 20.7 Å². The van der Waals surface area contributed by atoms with E-state index in [1.807, 2.05) is 0 Å². The molecule has 0 bridgehead atoms. The molecule has 1 N–H and O–H groups in total. The normalized spacial score (nSPS) is 13.2. The van der Waals surface area contributed by atoms with Gasteiger partial charge in [-0.1, -0.05) is 12.1 Å². The fourth-order valence-corrected chi connectivity index (χ4v) is 2.43. The lowest BCUT2D eigenvalue weighted by Gasteiger charge is -2.14. The zero-order valence-corrected chi connectivity index (χ0v) is 14.2. The van der Waals surface area contributed by atoms with Crippen molar-refractivity contribution < 1.29 is 28.2 Å². The maximum atomic E-state index is 12.8. The minimum atomic E-state index is -0.943. The highest BCUT2D eigenvalue weighted by molar-refractivity contribution is 5.95. The number of benzene rings is 2. The number of halogens is 1. The summed E-state index contributed by atoms with van der Waals surface area (Å²) in [5, 5.41) is 2.66. The number of hydrogen-bond acceptors (Lipinski definition) is 5. The first-order valence-electron chi connectivity index (χ1n) is 8.16. The number of ether oxygens (including phenoxy) is 3. The summed E-state index contributed by atoms with van der Waals surface area (Å²) in [5.41, 5.74) is 1.34. The SMILES string of the molecule is C[C@@H](OC(=O)CCc1ccc(F)cc1)C(=O)Nc1ccc2c(c1)OCO2. The number of carbonyl (C=O) groups excluding carboxylic acids is 2. The van der Waals surface area contributed by atoms with Crippen molar-refractivity contribution in [2.75, 3.05) is 12.1 Å². The van der Waals surface area contributed by atoms with E-state index in [0.29, 0.717) is 23.6 Å². The Bertz CT molecular complexity index is 806. The van der Waals surface area contributed by atoms with Crippen molar-refractivity contribution in [3.63, 3.8) is 0 Å². The second-order valence-corrected chi connectivity index (χ2v) is 5.82. The van der Waals surface area contributed by atoms with Crippen LogP contribution in [0.1, 0.15) is 18.9 Å². The topological polar surface area (TPSA) is 73.9 Å². The highest BCUT2D eigenvalue weighted by Gasteiger charge is 2.19. The molecule has 0 aromatic heterocycles. The summed E-state index contributed by atoms with van der Waals surface area (Å²) in [7, 11) is 0. The number of anilines is 1.